The molecule has 1 N–H and O–H groups in total. The van der Waals surface area contributed by atoms with E-state index in [2.05, 4.69) is 23.4 Å². The summed E-state index contributed by atoms with van der Waals surface area (Å²) in [5, 5.41) is 10.2. The average Bonchev–Trinajstić information content (AvgIpc) is 3.50. The number of halogens is 1. The highest BCUT2D eigenvalue weighted by Crippen LogP contribution is 2.47. The fourth-order valence-electron chi connectivity index (χ4n) is 4.74. The van der Waals surface area contributed by atoms with Crippen LogP contribution in [0, 0.1) is 5.82 Å². The van der Waals surface area contributed by atoms with E-state index in [1.54, 1.807) is 17.0 Å². The number of rotatable bonds is 6. The number of carbonyl (C=O) groups is 1. The van der Waals surface area contributed by atoms with Gasteiger partial charge in [-0.2, -0.15) is 0 Å². The fourth-order valence-corrected chi connectivity index (χ4v) is 4.74. The number of amides is 1. The molecule has 1 aliphatic carbocycles. The maximum atomic E-state index is 14.8. The van der Waals surface area contributed by atoms with Crippen LogP contribution in [-0.4, -0.2) is 57.3 Å². The van der Waals surface area contributed by atoms with Gasteiger partial charge in [0.2, 0.25) is 0 Å². The molecular formula is C26H34FN3O2. The van der Waals surface area contributed by atoms with Crippen molar-refractivity contribution >= 4 is 17.2 Å². The molecule has 0 unspecified atom stereocenters. The van der Waals surface area contributed by atoms with Crippen molar-refractivity contribution in [2.45, 2.75) is 58.6 Å². The first-order valence-electron chi connectivity index (χ1n) is 11.1. The van der Waals surface area contributed by atoms with Crippen molar-refractivity contribution in [2.24, 2.45) is 4.99 Å². The Morgan fingerprint density at radius 2 is 1.91 bits per heavy atom. The Labute approximate surface area is 190 Å². The summed E-state index contributed by atoms with van der Waals surface area (Å²) >= 11 is 0. The summed E-state index contributed by atoms with van der Waals surface area (Å²) in [7, 11) is 0. The zero-order valence-electron chi connectivity index (χ0n) is 19.8. The number of aliphatic hydroxyl groups is 1. The zero-order chi connectivity index (χ0) is 23.7. The van der Waals surface area contributed by atoms with Crippen LogP contribution in [-0.2, 0) is 4.79 Å². The van der Waals surface area contributed by atoms with Crippen molar-refractivity contribution in [3.05, 3.63) is 65.8 Å². The number of piperazine rings is 1. The van der Waals surface area contributed by atoms with Gasteiger partial charge < -0.3 is 14.9 Å². The molecule has 0 atom stereocenters. The topological polar surface area (TPSA) is 56.1 Å². The average molecular weight is 440 g/mol. The molecule has 0 aromatic heterocycles. The van der Waals surface area contributed by atoms with Gasteiger partial charge >= 0.3 is 0 Å². The Morgan fingerprint density at radius 1 is 1.25 bits per heavy atom. The lowest BCUT2D eigenvalue weighted by molar-refractivity contribution is -0.151. The highest BCUT2D eigenvalue weighted by molar-refractivity contribution is 6.12. The van der Waals surface area contributed by atoms with E-state index < -0.39 is 5.60 Å². The third-order valence-corrected chi connectivity index (χ3v) is 6.42. The molecule has 1 saturated carbocycles. The Balaban J connectivity index is 2.05. The lowest BCUT2D eigenvalue weighted by atomic mass is 9.91. The maximum absolute atomic E-state index is 14.8. The number of nitrogens with zero attached hydrogens (tertiary/aromatic N) is 3. The molecule has 0 bridgehead atoms. The molecule has 2 fully saturated rings. The highest BCUT2D eigenvalue weighted by Gasteiger charge is 2.53. The van der Waals surface area contributed by atoms with Gasteiger partial charge in [-0.05, 0) is 59.1 Å². The standard InChI is InChI=1S/C26H34FN3O2/c1-7-20(21-11-9-10-12-22(21)27)23(18(3)28-8-2)19(4)30-16-15-29(17-26(30)13-14-26)24(31)25(5,6)32/h7-12,32H,2,13-17H2,1,3-6H3/b20-7-,23-19-,28-18?. The zero-order valence-corrected chi connectivity index (χ0v) is 19.8. The van der Waals surface area contributed by atoms with E-state index in [-0.39, 0.29) is 17.3 Å². The first-order chi connectivity index (χ1) is 15.1. The SMILES string of the molecule is C=CN=C(C)C(/C(=C\C)c1ccccc1F)=C(\C)N1CCN(C(=O)C(C)(C)O)CC12CC2. The number of aliphatic imine (C=N–C) groups is 1. The second-order valence-corrected chi connectivity index (χ2v) is 9.20. The molecule has 1 saturated heterocycles. The number of hydrogen-bond acceptors (Lipinski definition) is 4. The van der Waals surface area contributed by atoms with Crippen molar-refractivity contribution < 1.29 is 14.3 Å². The molecule has 5 nitrogen and oxygen atoms in total. The van der Waals surface area contributed by atoms with E-state index in [1.807, 2.05) is 26.0 Å². The Kier molecular flexibility index (Phi) is 6.75. The second-order valence-electron chi connectivity index (χ2n) is 9.20. The summed E-state index contributed by atoms with van der Waals surface area (Å²) in [6.45, 7) is 14.4. The second kappa shape index (κ2) is 9.02. The van der Waals surface area contributed by atoms with E-state index in [0.717, 1.165) is 35.4 Å². The molecule has 32 heavy (non-hydrogen) atoms. The molecule has 3 rings (SSSR count). The molecule has 1 spiro atoms. The van der Waals surface area contributed by atoms with Gasteiger partial charge in [0.25, 0.3) is 5.91 Å². The van der Waals surface area contributed by atoms with Crippen molar-refractivity contribution in [3.63, 3.8) is 0 Å². The Morgan fingerprint density at radius 3 is 2.44 bits per heavy atom. The molecule has 6 heteroatoms. The molecule has 1 amide bonds. The van der Waals surface area contributed by atoms with Crippen molar-refractivity contribution in [1.29, 1.82) is 0 Å². The van der Waals surface area contributed by atoms with E-state index in [1.165, 1.54) is 26.1 Å². The van der Waals surface area contributed by atoms with Crippen molar-refractivity contribution in [2.75, 3.05) is 19.6 Å². The van der Waals surface area contributed by atoms with Crippen LogP contribution in [0.15, 0.2) is 59.4 Å². The predicted octanol–water partition coefficient (Wildman–Crippen LogP) is 4.56. The van der Waals surface area contributed by atoms with Crippen molar-refractivity contribution in [1.82, 2.24) is 9.80 Å². The molecule has 1 aromatic carbocycles. The van der Waals surface area contributed by atoms with Crippen LogP contribution in [0.5, 0.6) is 0 Å². The van der Waals surface area contributed by atoms with Crippen LogP contribution >= 0.6 is 0 Å². The molecule has 1 aliphatic heterocycles. The number of allylic oxidation sites excluding steroid dienone is 4. The van der Waals surface area contributed by atoms with E-state index >= 15 is 0 Å². The van der Waals surface area contributed by atoms with Gasteiger partial charge in [0.05, 0.1) is 5.54 Å². The van der Waals surface area contributed by atoms with Gasteiger partial charge in [0, 0.05) is 48.4 Å². The monoisotopic (exact) mass is 439 g/mol. The lowest BCUT2D eigenvalue weighted by Crippen LogP contribution is -2.59. The summed E-state index contributed by atoms with van der Waals surface area (Å²) in [6, 6.07) is 6.77. The van der Waals surface area contributed by atoms with Crippen LogP contribution in [0.2, 0.25) is 0 Å². The first kappa shape index (κ1) is 23.9. The molecule has 0 radical (unpaired) electrons. The van der Waals surface area contributed by atoms with Crippen LogP contribution < -0.4 is 0 Å². The largest absolute Gasteiger partial charge is 0.381 e. The maximum Gasteiger partial charge on any atom is 0.254 e. The Bertz CT molecular complexity index is 997. The van der Waals surface area contributed by atoms with E-state index in [0.29, 0.717) is 25.2 Å². The van der Waals surface area contributed by atoms with Gasteiger partial charge in [-0.1, -0.05) is 30.9 Å². The predicted molar refractivity (Wildman–Crippen MR) is 128 cm³/mol. The molecular weight excluding hydrogens is 405 g/mol. The summed E-state index contributed by atoms with van der Waals surface area (Å²) in [5.74, 6) is -0.519. The molecule has 2 aliphatic rings. The van der Waals surface area contributed by atoms with Gasteiger partial charge in [0.15, 0.2) is 0 Å². The smallest absolute Gasteiger partial charge is 0.254 e. The summed E-state index contributed by atoms with van der Waals surface area (Å²) in [6.07, 6.45) is 5.36. The summed E-state index contributed by atoms with van der Waals surface area (Å²) < 4.78 is 14.8. The molecule has 1 heterocycles. The van der Waals surface area contributed by atoms with Crippen molar-refractivity contribution in [3.8, 4) is 0 Å². The highest BCUT2D eigenvalue weighted by atomic mass is 19.1. The quantitative estimate of drug-likeness (QED) is 0.522. The third kappa shape index (κ3) is 4.56. The minimum atomic E-state index is -1.38. The molecule has 172 valence electrons. The van der Waals surface area contributed by atoms with E-state index in [9.17, 15) is 14.3 Å². The minimum Gasteiger partial charge on any atom is -0.381 e. The van der Waals surface area contributed by atoms with Crippen LogP contribution in [0.25, 0.3) is 5.57 Å². The van der Waals surface area contributed by atoms with E-state index in [4.69, 9.17) is 0 Å². The molecule has 1 aromatic rings. The van der Waals surface area contributed by atoms with Crippen LogP contribution in [0.1, 0.15) is 53.0 Å². The first-order valence-corrected chi connectivity index (χ1v) is 11.1. The van der Waals surface area contributed by atoms with Crippen LogP contribution in [0.4, 0.5) is 4.39 Å². The normalized spacial score (nSPS) is 19.7. The van der Waals surface area contributed by atoms with Gasteiger partial charge in [0.1, 0.15) is 11.4 Å². The third-order valence-electron chi connectivity index (χ3n) is 6.42. The number of benzene rings is 1. The fraction of sp³-hybridized carbons (Fsp3) is 0.462. The number of carbonyl (C=O) groups excluding carboxylic acids is 1. The minimum absolute atomic E-state index is 0.156. The Hall–Kier alpha value is -2.73. The number of hydrogen-bond donors (Lipinski definition) is 1. The van der Waals surface area contributed by atoms with Gasteiger partial charge in [-0.25, -0.2) is 4.39 Å². The summed E-state index contributed by atoms with van der Waals surface area (Å²) in [4.78, 5) is 21.2. The summed E-state index contributed by atoms with van der Waals surface area (Å²) in [5.41, 5.74) is 2.43. The lowest BCUT2D eigenvalue weighted by Gasteiger charge is -2.46. The van der Waals surface area contributed by atoms with Gasteiger partial charge in [-0.3, -0.25) is 9.79 Å². The van der Waals surface area contributed by atoms with Gasteiger partial charge in [-0.15, -0.1) is 0 Å². The van der Waals surface area contributed by atoms with Crippen LogP contribution in [0.3, 0.4) is 0 Å².